The fraction of sp³-hybridized carbons (Fsp3) is 0.667. The van der Waals surface area contributed by atoms with Gasteiger partial charge in [0, 0.05) is 24.4 Å². The van der Waals surface area contributed by atoms with Crippen molar-refractivity contribution < 1.29 is 18.0 Å². The lowest BCUT2D eigenvalue weighted by atomic mass is 9.96. The molecule has 0 bridgehead atoms. The van der Waals surface area contributed by atoms with Gasteiger partial charge >= 0.3 is 6.18 Å². The van der Waals surface area contributed by atoms with E-state index in [-0.39, 0.29) is 12.5 Å². The van der Waals surface area contributed by atoms with E-state index in [1.54, 1.807) is 6.20 Å². The van der Waals surface area contributed by atoms with Gasteiger partial charge in [0.15, 0.2) is 0 Å². The summed E-state index contributed by atoms with van der Waals surface area (Å²) in [4.78, 5) is 11.5. The van der Waals surface area contributed by atoms with Crippen molar-refractivity contribution in [1.29, 1.82) is 0 Å². The first-order chi connectivity index (χ1) is 9.46. The van der Waals surface area contributed by atoms with Gasteiger partial charge in [0.25, 0.3) is 0 Å². The molecule has 0 aliphatic carbocycles. The minimum atomic E-state index is -4.39. The zero-order valence-electron chi connectivity index (χ0n) is 10.9. The van der Waals surface area contributed by atoms with Gasteiger partial charge in [0.2, 0.25) is 5.91 Å². The van der Waals surface area contributed by atoms with Gasteiger partial charge in [-0.25, -0.2) is 0 Å². The van der Waals surface area contributed by atoms with Crippen molar-refractivity contribution in [1.82, 2.24) is 20.4 Å². The summed E-state index contributed by atoms with van der Waals surface area (Å²) in [6.45, 7) is 0.273. The predicted molar refractivity (Wildman–Crippen MR) is 66.1 cm³/mol. The van der Waals surface area contributed by atoms with Crippen LogP contribution in [-0.2, 0) is 11.3 Å². The Morgan fingerprint density at radius 3 is 3.00 bits per heavy atom. The molecule has 5 nitrogen and oxygen atoms in total. The molecule has 0 spiro atoms. The molecule has 1 aliphatic heterocycles. The molecule has 2 heterocycles. The number of amides is 1. The number of alkyl halides is 3. The Kier molecular flexibility index (Phi) is 4.64. The summed E-state index contributed by atoms with van der Waals surface area (Å²) in [6, 6.07) is 1.81. The van der Waals surface area contributed by atoms with Gasteiger partial charge in [-0.3, -0.25) is 9.48 Å². The Hall–Kier alpha value is -1.57. The van der Waals surface area contributed by atoms with Crippen molar-refractivity contribution in [3.63, 3.8) is 0 Å². The van der Waals surface area contributed by atoms with Gasteiger partial charge in [-0.15, -0.1) is 0 Å². The molecule has 0 aromatic carbocycles. The Morgan fingerprint density at radius 1 is 1.55 bits per heavy atom. The second-order valence-electron chi connectivity index (χ2n) is 4.85. The summed E-state index contributed by atoms with van der Waals surface area (Å²) >= 11 is 0. The molecule has 0 radical (unpaired) electrons. The highest BCUT2D eigenvalue weighted by Gasteiger charge is 2.28. The summed E-state index contributed by atoms with van der Waals surface area (Å²) in [7, 11) is 0. The fourth-order valence-corrected chi connectivity index (χ4v) is 2.32. The summed E-state index contributed by atoms with van der Waals surface area (Å²) < 4.78 is 37.5. The maximum absolute atomic E-state index is 12.0. The summed E-state index contributed by atoms with van der Waals surface area (Å²) in [6.07, 6.45) is -0.796. The first-order valence-corrected chi connectivity index (χ1v) is 6.51. The molecule has 1 aliphatic rings. The molecule has 1 amide bonds. The minimum Gasteiger partial charge on any atom is -0.345 e. The van der Waals surface area contributed by atoms with Crippen LogP contribution in [0.2, 0.25) is 0 Å². The lowest BCUT2D eigenvalue weighted by molar-refractivity contribution is -0.138. The quantitative estimate of drug-likeness (QED) is 0.870. The van der Waals surface area contributed by atoms with Crippen molar-refractivity contribution in [3.05, 3.63) is 18.0 Å². The van der Waals surface area contributed by atoms with Crippen LogP contribution in [0.3, 0.4) is 0 Å². The van der Waals surface area contributed by atoms with Gasteiger partial charge < -0.3 is 10.6 Å². The van der Waals surface area contributed by atoms with Gasteiger partial charge in [0.05, 0.1) is 0 Å². The van der Waals surface area contributed by atoms with Crippen LogP contribution in [0.4, 0.5) is 13.2 Å². The van der Waals surface area contributed by atoms with E-state index in [0.29, 0.717) is 0 Å². The lowest BCUT2D eigenvalue weighted by Gasteiger charge is -2.23. The SMILES string of the molecule is O=C(Cn1nccc1[C@H]1CCCNC1)NCC(F)(F)F. The van der Waals surface area contributed by atoms with Crippen molar-refractivity contribution in [2.75, 3.05) is 19.6 Å². The van der Waals surface area contributed by atoms with E-state index in [1.807, 2.05) is 11.4 Å². The van der Waals surface area contributed by atoms with E-state index in [4.69, 9.17) is 0 Å². The van der Waals surface area contributed by atoms with Gasteiger partial charge in [0.1, 0.15) is 13.1 Å². The smallest absolute Gasteiger partial charge is 0.345 e. The minimum absolute atomic E-state index is 0.186. The predicted octanol–water partition coefficient (Wildman–Crippen LogP) is 1.03. The van der Waals surface area contributed by atoms with Gasteiger partial charge in [-0.05, 0) is 25.5 Å². The monoisotopic (exact) mass is 290 g/mol. The Balaban J connectivity index is 1.92. The lowest BCUT2D eigenvalue weighted by Crippen LogP contribution is -2.37. The number of hydrogen-bond donors (Lipinski definition) is 2. The number of carbonyl (C=O) groups excluding carboxylic acids is 1. The number of halogens is 3. The third-order valence-corrected chi connectivity index (χ3v) is 3.24. The molecule has 0 saturated carbocycles. The molecule has 1 fully saturated rings. The number of nitrogens with zero attached hydrogens (tertiary/aromatic N) is 2. The first-order valence-electron chi connectivity index (χ1n) is 6.51. The van der Waals surface area contributed by atoms with E-state index < -0.39 is 18.6 Å². The zero-order valence-corrected chi connectivity index (χ0v) is 10.9. The molecule has 1 aromatic rings. The van der Waals surface area contributed by atoms with E-state index in [1.165, 1.54) is 4.68 Å². The molecule has 8 heteroatoms. The van der Waals surface area contributed by atoms with E-state index in [2.05, 4.69) is 10.4 Å². The Morgan fingerprint density at radius 2 is 2.35 bits per heavy atom. The first kappa shape index (κ1) is 14.8. The maximum Gasteiger partial charge on any atom is 0.405 e. The van der Waals surface area contributed by atoms with E-state index >= 15 is 0 Å². The average molecular weight is 290 g/mol. The molecule has 0 unspecified atom stereocenters. The highest BCUT2D eigenvalue weighted by molar-refractivity contribution is 5.75. The van der Waals surface area contributed by atoms with Crippen LogP contribution < -0.4 is 10.6 Å². The van der Waals surface area contributed by atoms with Crippen LogP contribution in [0.5, 0.6) is 0 Å². The second kappa shape index (κ2) is 6.25. The number of carbonyl (C=O) groups is 1. The van der Waals surface area contributed by atoms with Gasteiger partial charge in [-0.2, -0.15) is 18.3 Å². The van der Waals surface area contributed by atoms with E-state index in [0.717, 1.165) is 31.6 Å². The molecule has 112 valence electrons. The number of piperidine rings is 1. The highest BCUT2D eigenvalue weighted by atomic mass is 19.4. The van der Waals surface area contributed by atoms with Crippen LogP contribution in [0.25, 0.3) is 0 Å². The van der Waals surface area contributed by atoms with Crippen LogP contribution in [0, 0.1) is 0 Å². The highest BCUT2D eigenvalue weighted by Crippen LogP contribution is 2.22. The molecular formula is C12H17F3N4O. The Labute approximate surface area is 114 Å². The summed E-state index contributed by atoms with van der Waals surface area (Å²) in [5.74, 6) is -0.433. The number of aromatic nitrogens is 2. The summed E-state index contributed by atoms with van der Waals surface area (Å²) in [5.41, 5.74) is 0.888. The van der Waals surface area contributed by atoms with Crippen LogP contribution in [-0.4, -0.2) is 41.5 Å². The normalized spacial score (nSPS) is 19.9. The number of hydrogen-bond acceptors (Lipinski definition) is 3. The molecule has 1 aromatic heterocycles. The van der Waals surface area contributed by atoms with Crippen LogP contribution in [0.15, 0.2) is 12.3 Å². The second-order valence-corrected chi connectivity index (χ2v) is 4.85. The fourth-order valence-electron chi connectivity index (χ4n) is 2.32. The van der Waals surface area contributed by atoms with Crippen LogP contribution in [0.1, 0.15) is 24.5 Å². The van der Waals surface area contributed by atoms with Crippen molar-refractivity contribution in [2.45, 2.75) is 31.5 Å². The van der Waals surface area contributed by atoms with Crippen molar-refractivity contribution >= 4 is 5.91 Å². The van der Waals surface area contributed by atoms with Crippen molar-refractivity contribution in [3.8, 4) is 0 Å². The molecular weight excluding hydrogens is 273 g/mol. The molecule has 20 heavy (non-hydrogen) atoms. The average Bonchev–Trinajstić information content (AvgIpc) is 2.85. The summed E-state index contributed by atoms with van der Waals surface area (Å²) in [5, 5.41) is 9.13. The molecule has 2 rings (SSSR count). The number of rotatable bonds is 4. The Bertz CT molecular complexity index is 452. The number of nitrogens with one attached hydrogen (secondary N) is 2. The topological polar surface area (TPSA) is 59.0 Å². The van der Waals surface area contributed by atoms with E-state index in [9.17, 15) is 18.0 Å². The molecule has 1 saturated heterocycles. The molecule has 1 atom stereocenters. The molecule has 2 N–H and O–H groups in total. The zero-order chi connectivity index (χ0) is 14.6. The van der Waals surface area contributed by atoms with Crippen molar-refractivity contribution in [2.24, 2.45) is 0 Å². The maximum atomic E-state index is 12.0. The van der Waals surface area contributed by atoms with Crippen LogP contribution >= 0.6 is 0 Å². The largest absolute Gasteiger partial charge is 0.405 e. The standard InChI is InChI=1S/C12H17F3N4O/c13-12(14,15)8-17-11(20)7-19-10(3-5-18-19)9-2-1-4-16-6-9/h3,5,9,16H,1-2,4,6-8H2,(H,17,20)/t9-/m0/s1. The third kappa shape index (κ3) is 4.22. The third-order valence-electron chi connectivity index (χ3n) is 3.24. The van der Waals surface area contributed by atoms with Gasteiger partial charge in [-0.1, -0.05) is 0 Å².